The van der Waals surface area contributed by atoms with E-state index in [0.29, 0.717) is 0 Å². The van der Waals surface area contributed by atoms with Crippen molar-refractivity contribution in [2.45, 2.75) is 32.6 Å². The van der Waals surface area contributed by atoms with E-state index in [1.807, 2.05) is 13.1 Å². The first kappa shape index (κ1) is 10.9. The molecule has 14 heavy (non-hydrogen) atoms. The van der Waals surface area contributed by atoms with Crippen LogP contribution in [-0.4, -0.2) is 7.05 Å². The minimum atomic E-state index is 0.857. The number of unbranched alkanes of at least 4 members (excludes halogenated alkanes) is 2. The van der Waals surface area contributed by atoms with Gasteiger partial charge in [-0.15, -0.1) is 0 Å². The van der Waals surface area contributed by atoms with Crippen molar-refractivity contribution < 1.29 is 0 Å². The molecular formula is C12H20N2. The van der Waals surface area contributed by atoms with Crippen molar-refractivity contribution in [3.63, 3.8) is 0 Å². The van der Waals surface area contributed by atoms with Crippen LogP contribution in [0.2, 0.25) is 0 Å². The fourth-order valence-corrected chi connectivity index (χ4v) is 1.63. The SMILES string of the molecule is CCCCCc1cc(N)ccc1NC. The molecule has 78 valence electrons. The van der Waals surface area contributed by atoms with E-state index >= 15 is 0 Å². The Morgan fingerprint density at radius 2 is 2.07 bits per heavy atom. The van der Waals surface area contributed by atoms with Gasteiger partial charge in [-0.2, -0.15) is 0 Å². The quantitative estimate of drug-likeness (QED) is 0.556. The standard InChI is InChI=1S/C12H20N2/c1-3-4-5-6-10-9-11(13)7-8-12(10)14-2/h7-9,14H,3-6,13H2,1-2H3. The summed E-state index contributed by atoms with van der Waals surface area (Å²) in [5, 5.41) is 3.19. The van der Waals surface area contributed by atoms with Crippen LogP contribution in [0.5, 0.6) is 0 Å². The number of hydrogen-bond acceptors (Lipinski definition) is 2. The average Bonchev–Trinajstić information content (AvgIpc) is 2.19. The third-order valence-corrected chi connectivity index (χ3v) is 2.45. The summed E-state index contributed by atoms with van der Waals surface area (Å²) in [5.41, 5.74) is 9.15. The maximum atomic E-state index is 5.76. The van der Waals surface area contributed by atoms with Crippen LogP contribution in [-0.2, 0) is 6.42 Å². The smallest absolute Gasteiger partial charge is 0.0371 e. The molecule has 0 saturated carbocycles. The molecule has 0 saturated heterocycles. The van der Waals surface area contributed by atoms with Crippen molar-refractivity contribution >= 4 is 11.4 Å². The lowest BCUT2D eigenvalue weighted by Crippen LogP contribution is -1.97. The van der Waals surface area contributed by atoms with Crippen LogP contribution < -0.4 is 11.1 Å². The van der Waals surface area contributed by atoms with Crippen molar-refractivity contribution in [3.05, 3.63) is 23.8 Å². The number of nitrogen functional groups attached to an aromatic ring is 1. The lowest BCUT2D eigenvalue weighted by atomic mass is 10.0. The molecule has 0 heterocycles. The Hall–Kier alpha value is -1.18. The summed E-state index contributed by atoms with van der Waals surface area (Å²) in [4.78, 5) is 0. The molecule has 0 atom stereocenters. The molecule has 0 radical (unpaired) electrons. The maximum absolute atomic E-state index is 5.76. The zero-order chi connectivity index (χ0) is 10.4. The predicted molar refractivity (Wildman–Crippen MR) is 63.6 cm³/mol. The Balaban J connectivity index is 2.67. The predicted octanol–water partition coefficient (Wildman–Crippen LogP) is 3.04. The first-order chi connectivity index (χ1) is 6.77. The number of hydrogen-bond donors (Lipinski definition) is 2. The molecule has 2 heteroatoms. The molecule has 0 amide bonds. The first-order valence-electron chi connectivity index (χ1n) is 5.34. The second-order valence-electron chi connectivity index (χ2n) is 3.62. The minimum Gasteiger partial charge on any atom is -0.399 e. The molecule has 0 bridgehead atoms. The summed E-state index contributed by atoms with van der Waals surface area (Å²) in [6.45, 7) is 2.22. The summed E-state index contributed by atoms with van der Waals surface area (Å²) in [5.74, 6) is 0. The molecule has 0 unspecified atom stereocenters. The van der Waals surface area contributed by atoms with E-state index in [0.717, 1.165) is 12.1 Å². The number of nitrogens with two attached hydrogens (primary N) is 1. The molecule has 2 nitrogen and oxygen atoms in total. The van der Waals surface area contributed by atoms with Crippen LogP contribution >= 0.6 is 0 Å². The van der Waals surface area contributed by atoms with Crippen LogP contribution in [0.15, 0.2) is 18.2 Å². The van der Waals surface area contributed by atoms with Crippen molar-refractivity contribution in [2.75, 3.05) is 18.1 Å². The topological polar surface area (TPSA) is 38.0 Å². The highest BCUT2D eigenvalue weighted by Crippen LogP contribution is 2.20. The Morgan fingerprint density at radius 1 is 1.29 bits per heavy atom. The lowest BCUT2D eigenvalue weighted by molar-refractivity contribution is 0.718. The van der Waals surface area contributed by atoms with E-state index in [4.69, 9.17) is 5.73 Å². The van der Waals surface area contributed by atoms with Crippen LogP contribution in [0.25, 0.3) is 0 Å². The Kier molecular flexibility index (Phi) is 4.30. The number of anilines is 2. The Labute approximate surface area is 86.5 Å². The van der Waals surface area contributed by atoms with Gasteiger partial charge >= 0.3 is 0 Å². The van der Waals surface area contributed by atoms with Crippen LogP contribution in [0, 0.1) is 0 Å². The Morgan fingerprint density at radius 3 is 2.71 bits per heavy atom. The number of nitrogens with one attached hydrogen (secondary N) is 1. The molecule has 0 aliphatic heterocycles. The Bertz CT molecular complexity index is 282. The normalized spacial score (nSPS) is 10.1. The van der Waals surface area contributed by atoms with E-state index in [9.17, 15) is 0 Å². The van der Waals surface area contributed by atoms with E-state index in [-0.39, 0.29) is 0 Å². The summed E-state index contributed by atoms with van der Waals surface area (Å²) in [7, 11) is 1.95. The number of benzene rings is 1. The van der Waals surface area contributed by atoms with Gasteiger partial charge in [-0.25, -0.2) is 0 Å². The average molecular weight is 192 g/mol. The van der Waals surface area contributed by atoms with Gasteiger partial charge < -0.3 is 11.1 Å². The van der Waals surface area contributed by atoms with Gasteiger partial charge in [-0.1, -0.05) is 19.8 Å². The van der Waals surface area contributed by atoms with Gasteiger partial charge in [-0.3, -0.25) is 0 Å². The highest BCUT2D eigenvalue weighted by molar-refractivity contribution is 5.57. The summed E-state index contributed by atoms with van der Waals surface area (Å²) in [6.07, 6.45) is 4.92. The van der Waals surface area contributed by atoms with E-state index in [1.165, 1.54) is 30.5 Å². The number of aryl methyl sites for hydroxylation is 1. The van der Waals surface area contributed by atoms with Crippen LogP contribution in [0.3, 0.4) is 0 Å². The number of rotatable bonds is 5. The molecule has 1 aromatic rings. The molecular weight excluding hydrogens is 172 g/mol. The molecule has 1 rings (SSSR count). The summed E-state index contributed by atoms with van der Waals surface area (Å²) in [6, 6.07) is 6.06. The van der Waals surface area contributed by atoms with Crippen molar-refractivity contribution in [1.29, 1.82) is 0 Å². The minimum absolute atomic E-state index is 0.857. The fourth-order valence-electron chi connectivity index (χ4n) is 1.63. The van der Waals surface area contributed by atoms with Gasteiger partial charge in [-0.05, 0) is 36.6 Å². The van der Waals surface area contributed by atoms with Crippen molar-refractivity contribution in [1.82, 2.24) is 0 Å². The second kappa shape index (κ2) is 5.53. The van der Waals surface area contributed by atoms with Gasteiger partial charge in [0.15, 0.2) is 0 Å². The highest BCUT2D eigenvalue weighted by Gasteiger charge is 2.00. The first-order valence-corrected chi connectivity index (χ1v) is 5.34. The molecule has 0 aliphatic rings. The molecule has 0 fully saturated rings. The molecule has 0 spiro atoms. The van der Waals surface area contributed by atoms with E-state index < -0.39 is 0 Å². The van der Waals surface area contributed by atoms with Gasteiger partial charge in [0.05, 0.1) is 0 Å². The molecule has 3 N–H and O–H groups in total. The van der Waals surface area contributed by atoms with Crippen molar-refractivity contribution in [2.24, 2.45) is 0 Å². The molecule has 0 aromatic heterocycles. The van der Waals surface area contributed by atoms with Gasteiger partial charge in [0.2, 0.25) is 0 Å². The maximum Gasteiger partial charge on any atom is 0.0371 e. The van der Waals surface area contributed by atoms with Crippen LogP contribution in [0.4, 0.5) is 11.4 Å². The monoisotopic (exact) mass is 192 g/mol. The van der Waals surface area contributed by atoms with Gasteiger partial charge in [0.1, 0.15) is 0 Å². The van der Waals surface area contributed by atoms with Crippen LogP contribution in [0.1, 0.15) is 31.7 Å². The second-order valence-corrected chi connectivity index (χ2v) is 3.62. The van der Waals surface area contributed by atoms with E-state index in [1.54, 1.807) is 0 Å². The fraction of sp³-hybridized carbons (Fsp3) is 0.500. The van der Waals surface area contributed by atoms with Gasteiger partial charge in [0, 0.05) is 18.4 Å². The third kappa shape index (κ3) is 2.95. The summed E-state index contributed by atoms with van der Waals surface area (Å²) < 4.78 is 0. The largest absolute Gasteiger partial charge is 0.399 e. The highest BCUT2D eigenvalue weighted by atomic mass is 14.8. The zero-order valence-corrected chi connectivity index (χ0v) is 9.14. The molecule has 1 aromatic carbocycles. The van der Waals surface area contributed by atoms with Crippen molar-refractivity contribution in [3.8, 4) is 0 Å². The third-order valence-electron chi connectivity index (χ3n) is 2.45. The summed E-state index contributed by atoms with van der Waals surface area (Å²) >= 11 is 0. The van der Waals surface area contributed by atoms with Gasteiger partial charge in [0.25, 0.3) is 0 Å². The van der Waals surface area contributed by atoms with E-state index in [2.05, 4.69) is 24.4 Å². The molecule has 0 aliphatic carbocycles. The lowest BCUT2D eigenvalue weighted by Gasteiger charge is -2.09. The zero-order valence-electron chi connectivity index (χ0n) is 9.14.